The van der Waals surface area contributed by atoms with Crippen molar-refractivity contribution in [1.29, 1.82) is 0 Å². The molecule has 10 heteroatoms. The summed E-state index contributed by atoms with van der Waals surface area (Å²) in [5.74, 6) is 2.64. The fraction of sp³-hybridized carbons (Fsp3) is 0.304. The van der Waals surface area contributed by atoms with Gasteiger partial charge in [0.05, 0.1) is 16.8 Å². The van der Waals surface area contributed by atoms with E-state index in [-0.39, 0.29) is 11.9 Å². The normalized spacial score (nSPS) is 16.1. The Labute approximate surface area is 188 Å². The van der Waals surface area contributed by atoms with E-state index in [9.17, 15) is 4.79 Å². The molecule has 0 unspecified atom stereocenters. The average molecular weight is 446 g/mol. The molecule has 2 aliphatic heterocycles. The first kappa shape index (κ1) is 19.9. The molecule has 0 radical (unpaired) electrons. The molecule has 0 saturated carbocycles. The van der Waals surface area contributed by atoms with Crippen molar-refractivity contribution in [2.24, 2.45) is 0 Å². The summed E-state index contributed by atoms with van der Waals surface area (Å²) >= 11 is 0. The van der Waals surface area contributed by atoms with E-state index >= 15 is 0 Å². The van der Waals surface area contributed by atoms with Crippen LogP contribution in [0.4, 0.5) is 10.6 Å². The first-order valence-corrected chi connectivity index (χ1v) is 10.9. The van der Waals surface area contributed by atoms with Crippen LogP contribution in [0.3, 0.4) is 0 Å². The van der Waals surface area contributed by atoms with Crippen molar-refractivity contribution < 1.29 is 18.8 Å². The summed E-state index contributed by atoms with van der Waals surface area (Å²) in [6.45, 7) is 2.82. The molecule has 1 saturated heterocycles. The molecule has 0 atom stereocenters. The van der Waals surface area contributed by atoms with Gasteiger partial charge in [-0.05, 0) is 37.1 Å². The van der Waals surface area contributed by atoms with Gasteiger partial charge >= 0.3 is 6.03 Å². The molecule has 0 aliphatic carbocycles. The van der Waals surface area contributed by atoms with Gasteiger partial charge in [-0.25, -0.2) is 14.8 Å². The number of ether oxygens (including phenoxy) is 2. The van der Waals surface area contributed by atoms with E-state index < -0.39 is 0 Å². The maximum Gasteiger partial charge on any atom is 0.331 e. The molecule has 2 N–H and O–H groups in total. The van der Waals surface area contributed by atoms with Crippen LogP contribution in [0.15, 0.2) is 47.4 Å². The number of nitrogens with zero attached hydrogens (tertiary/aromatic N) is 4. The number of anilines is 1. The molecule has 2 aliphatic rings. The lowest BCUT2D eigenvalue weighted by molar-refractivity contribution is 0.0791. The van der Waals surface area contributed by atoms with Crippen molar-refractivity contribution >= 4 is 22.8 Å². The number of carbonyl (C=O) groups excluding carboxylic acids is 1. The van der Waals surface area contributed by atoms with Crippen molar-refractivity contribution in [1.82, 2.24) is 25.0 Å². The number of amides is 1. The minimum atomic E-state index is -0.315. The zero-order chi connectivity index (χ0) is 22.2. The molecule has 4 aromatic rings. The lowest BCUT2D eigenvalue weighted by Gasteiger charge is -2.18. The van der Waals surface area contributed by atoms with Crippen molar-refractivity contribution in [3.8, 4) is 11.6 Å². The monoisotopic (exact) mass is 446 g/mol. The molecule has 0 spiro atoms. The average Bonchev–Trinajstić information content (AvgIpc) is 3.59. The number of rotatable bonds is 4. The fourth-order valence-corrected chi connectivity index (χ4v) is 4.32. The SMILES string of the molecule is O=C(Nc1cc(C2CCOCC2)on1)n1ccc2cc(Oc3ncnc4c3CNC4)ccc21. The van der Waals surface area contributed by atoms with E-state index in [0.717, 1.165) is 40.8 Å². The van der Waals surface area contributed by atoms with Gasteiger partial charge < -0.3 is 19.3 Å². The Bertz CT molecular complexity index is 1320. The summed E-state index contributed by atoms with van der Waals surface area (Å²) in [6.07, 6.45) is 5.01. The molecular formula is C23H22N6O4. The molecule has 0 bridgehead atoms. The number of hydrogen-bond donors (Lipinski definition) is 2. The van der Waals surface area contributed by atoms with Crippen LogP contribution in [0.2, 0.25) is 0 Å². The van der Waals surface area contributed by atoms with Gasteiger partial charge in [0.15, 0.2) is 5.82 Å². The smallest absolute Gasteiger partial charge is 0.331 e. The molecule has 10 nitrogen and oxygen atoms in total. The highest BCUT2D eigenvalue weighted by molar-refractivity contribution is 5.98. The van der Waals surface area contributed by atoms with Crippen molar-refractivity contribution in [3.05, 3.63) is 59.9 Å². The Morgan fingerprint density at radius 3 is 2.97 bits per heavy atom. The lowest BCUT2D eigenvalue weighted by Crippen LogP contribution is -2.18. The maximum absolute atomic E-state index is 12.9. The Balaban J connectivity index is 1.19. The molecule has 1 aromatic carbocycles. The number of carbonyl (C=O) groups is 1. The van der Waals surface area contributed by atoms with Crippen molar-refractivity contribution in [2.45, 2.75) is 31.8 Å². The van der Waals surface area contributed by atoms with Crippen LogP contribution in [0.1, 0.15) is 35.8 Å². The molecular weight excluding hydrogens is 424 g/mol. The third-order valence-electron chi connectivity index (χ3n) is 6.07. The molecule has 5 heterocycles. The Hall–Kier alpha value is -3.76. The Kier molecular flexibility index (Phi) is 5.00. The zero-order valence-electron chi connectivity index (χ0n) is 17.8. The number of fused-ring (bicyclic) bond motifs is 2. The highest BCUT2D eigenvalue weighted by Gasteiger charge is 2.22. The maximum atomic E-state index is 12.9. The molecule has 1 fully saturated rings. The van der Waals surface area contributed by atoms with Gasteiger partial charge in [-0.15, -0.1) is 0 Å². The minimum Gasteiger partial charge on any atom is -0.439 e. The van der Waals surface area contributed by atoms with Crippen LogP contribution in [0.25, 0.3) is 10.9 Å². The fourth-order valence-electron chi connectivity index (χ4n) is 4.32. The number of aromatic nitrogens is 4. The minimum absolute atomic E-state index is 0.273. The van der Waals surface area contributed by atoms with E-state index in [4.69, 9.17) is 14.0 Å². The second-order valence-corrected chi connectivity index (χ2v) is 8.15. The highest BCUT2D eigenvalue weighted by Crippen LogP contribution is 2.30. The number of nitrogens with one attached hydrogen (secondary N) is 2. The van der Waals surface area contributed by atoms with Crippen LogP contribution in [-0.2, 0) is 17.8 Å². The van der Waals surface area contributed by atoms with Gasteiger partial charge in [0, 0.05) is 49.9 Å². The van der Waals surface area contributed by atoms with Crippen LogP contribution in [-0.4, -0.2) is 38.9 Å². The quantitative estimate of drug-likeness (QED) is 0.486. The molecule has 6 rings (SSSR count). The summed E-state index contributed by atoms with van der Waals surface area (Å²) in [5, 5.41) is 10.9. The first-order chi connectivity index (χ1) is 16.2. The molecule has 168 valence electrons. The van der Waals surface area contributed by atoms with Gasteiger partial charge in [-0.1, -0.05) is 5.16 Å². The highest BCUT2D eigenvalue weighted by atomic mass is 16.5. The summed E-state index contributed by atoms with van der Waals surface area (Å²) in [5.41, 5.74) is 2.68. The van der Waals surface area contributed by atoms with Crippen molar-refractivity contribution in [3.63, 3.8) is 0 Å². The standard InChI is InChI=1S/C23H22N6O4/c30-23(27-21-10-20(33-28-21)14-4-7-31-8-5-14)29-6-3-15-9-16(1-2-19(15)29)32-22-17-11-24-12-18(17)25-13-26-22/h1-3,6,9-10,13-14,24H,4-5,7-8,11-12H2,(H,27,28,30). The largest absolute Gasteiger partial charge is 0.439 e. The predicted molar refractivity (Wildman–Crippen MR) is 118 cm³/mol. The third-order valence-corrected chi connectivity index (χ3v) is 6.07. The van der Waals surface area contributed by atoms with Gasteiger partial charge in [0.2, 0.25) is 5.88 Å². The lowest BCUT2D eigenvalue weighted by atomic mass is 9.98. The predicted octanol–water partition coefficient (Wildman–Crippen LogP) is 3.79. The van der Waals surface area contributed by atoms with E-state index in [1.807, 2.05) is 24.3 Å². The number of benzene rings is 1. The first-order valence-electron chi connectivity index (χ1n) is 10.9. The topological polar surface area (TPSA) is 116 Å². The van der Waals surface area contributed by atoms with E-state index in [2.05, 4.69) is 25.8 Å². The zero-order valence-corrected chi connectivity index (χ0v) is 17.8. The van der Waals surface area contributed by atoms with Gasteiger partial charge in [-0.3, -0.25) is 9.88 Å². The molecule has 3 aromatic heterocycles. The van der Waals surface area contributed by atoms with Gasteiger partial charge in [0.1, 0.15) is 17.8 Å². The summed E-state index contributed by atoms with van der Waals surface area (Å²) < 4.78 is 18.4. The van der Waals surface area contributed by atoms with Gasteiger partial charge in [-0.2, -0.15) is 0 Å². The Morgan fingerprint density at radius 1 is 1.15 bits per heavy atom. The third kappa shape index (κ3) is 3.83. The van der Waals surface area contributed by atoms with E-state index in [1.54, 1.807) is 12.3 Å². The Morgan fingerprint density at radius 2 is 2.06 bits per heavy atom. The van der Waals surface area contributed by atoms with E-state index in [0.29, 0.717) is 43.8 Å². The number of hydrogen-bond acceptors (Lipinski definition) is 8. The summed E-state index contributed by atoms with van der Waals surface area (Å²) in [6, 6.07) is 8.90. The molecule has 1 amide bonds. The van der Waals surface area contributed by atoms with E-state index in [1.165, 1.54) is 10.9 Å². The van der Waals surface area contributed by atoms with Crippen LogP contribution in [0, 0.1) is 0 Å². The van der Waals surface area contributed by atoms with Crippen molar-refractivity contribution in [2.75, 3.05) is 18.5 Å². The summed E-state index contributed by atoms with van der Waals surface area (Å²) in [4.78, 5) is 21.4. The van der Waals surface area contributed by atoms with Crippen LogP contribution in [0.5, 0.6) is 11.6 Å². The molecule has 33 heavy (non-hydrogen) atoms. The van der Waals surface area contributed by atoms with Crippen LogP contribution >= 0.6 is 0 Å². The second kappa shape index (κ2) is 8.30. The second-order valence-electron chi connectivity index (χ2n) is 8.15. The van der Waals surface area contributed by atoms with Crippen LogP contribution < -0.4 is 15.4 Å². The van der Waals surface area contributed by atoms with Gasteiger partial charge in [0.25, 0.3) is 0 Å². The summed E-state index contributed by atoms with van der Waals surface area (Å²) in [7, 11) is 0.